The summed E-state index contributed by atoms with van der Waals surface area (Å²) in [6.07, 6.45) is 4.42. The lowest BCUT2D eigenvalue weighted by molar-refractivity contribution is 0.00992. The minimum Gasteiger partial charge on any atom is -0.385 e. The quantitative estimate of drug-likeness (QED) is 0.211. The molecule has 1 aliphatic rings. The topological polar surface area (TPSA) is 59.0 Å². The monoisotopic (exact) mass is 564 g/mol. The van der Waals surface area contributed by atoms with Crippen LogP contribution < -0.4 is 5.32 Å². The van der Waals surface area contributed by atoms with E-state index in [0.29, 0.717) is 6.10 Å². The lowest BCUT2D eigenvalue weighted by Crippen LogP contribution is -2.47. The first-order valence-electron chi connectivity index (χ1n) is 10.3. The Labute approximate surface area is 205 Å². The predicted molar refractivity (Wildman–Crippen MR) is 138 cm³/mol. The van der Waals surface area contributed by atoms with Crippen molar-refractivity contribution in [2.24, 2.45) is 4.99 Å². The van der Waals surface area contributed by atoms with Gasteiger partial charge >= 0.3 is 0 Å². The highest BCUT2D eigenvalue weighted by atomic mass is 127. The maximum Gasteiger partial charge on any atom is 0.193 e. The largest absolute Gasteiger partial charge is 0.385 e. The van der Waals surface area contributed by atoms with Crippen molar-refractivity contribution in [2.75, 3.05) is 47.0 Å². The van der Waals surface area contributed by atoms with Gasteiger partial charge in [-0.2, -0.15) is 0 Å². The molecule has 9 heteroatoms. The third-order valence-corrected chi connectivity index (χ3v) is 6.93. The molecule has 3 heterocycles. The van der Waals surface area contributed by atoms with Crippen LogP contribution in [0.1, 0.15) is 29.1 Å². The van der Waals surface area contributed by atoms with Gasteiger partial charge in [-0.1, -0.05) is 0 Å². The normalized spacial score (nSPS) is 15.3. The Kier molecular flexibility index (Phi) is 11.6. The number of nitrogens with one attached hydrogen (secondary N) is 1. The molecule has 1 fully saturated rings. The van der Waals surface area contributed by atoms with Crippen molar-refractivity contribution >= 4 is 52.6 Å². The van der Waals surface area contributed by atoms with Crippen LogP contribution in [0.15, 0.2) is 22.5 Å². The molecule has 2 aromatic heterocycles. The molecular formula is C21H33IN4O2S2. The summed E-state index contributed by atoms with van der Waals surface area (Å²) in [6.45, 7) is 6.46. The van der Waals surface area contributed by atoms with Crippen LogP contribution in [-0.2, 0) is 15.9 Å². The lowest BCUT2D eigenvalue weighted by atomic mass is 10.1. The summed E-state index contributed by atoms with van der Waals surface area (Å²) in [5, 5.41) is 6.78. The zero-order valence-corrected chi connectivity index (χ0v) is 22.0. The molecular weight excluding hydrogens is 531 g/mol. The summed E-state index contributed by atoms with van der Waals surface area (Å²) in [5.74, 6) is 0.995. The Morgan fingerprint density at radius 2 is 2.10 bits per heavy atom. The van der Waals surface area contributed by atoms with Gasteiger partial charge in [0.2, 0.25) is 0 Å². The second kappa shape index (κ2) is 13.6. The fourth-order valence-corrected chi connectivity index (χ4v) is 5.10. The smallest absolute Gasteiger partial charge is 0.193 e. The van der Waals surface area contributed by atoms with Crippen molar-refractivity contribution in [2.45, 2.75) is 38.7 Å². The van der Waals surface area contributed by atoms with E-state index in [-0.39, 0.29) is 24.0 Å². The van der Waals surface area contributed by atoms with Crippen molar-refractivity contribution in [3.05, 3.63) is 27.4 Å². The number of hydrogen-bond donors (Lipinski definition) is 1. The molecule has 0 unspecified atom stereocenters. The first kappa shape index (κ1) is 25.5. The number of hydrogen-bond acceptors (Lipinski definition) is 6. The number of aryl methyl sites for hydroxylation is 1. The number of thiophene rings is 1. The molecule has 3 rings (SSSR count). The minimum atomic E-state index is 0. The highest BCUT2D eigenvalue weighted by Gasteiger charge is 2.21. The van der Waals surface area contributed by atoms with Gasteiger partial charge in [0.15, 0.2) is 5.96 Å². The van der Waals surface area contributed by atoms with Crippen LogP contribution in [0, 0.1) is 6.92 Å². The average Bonchev–Trinajstić information content (AvgIpc) is 3.38. The van der Waals surface area contributed by atoms with Crippen molar-refractivity contribution < 1.29 is 9.47 Å². The molecule has 2 aromatic rings. The van der Waals surface area contributed by atoms with E-state index >= 15 is 0 Å². The number of likely N-dealkylation sites (tertiary alicyclic amines) is 1. The van der Waals surface area contributed by atoms with Gasteiger partial charge < -0.3 is 19.7 Å². The average molecular weight is 565 g/mol. The highest BCUT2D eigenvalue weighted by Crippen LogP contribution is 2.29. The number of aliphatic imine (C=N–C) groups is 1. The summed E-state index contributed by atoms with van der Waals surface area (Å²) in [7, 11) is 3.60. The number of halogens is 1. The molecule has 1 aliphatic heterocycles. The lowest BCUT2D eigenvalue weighted by Gasteiger charge is -2.34. The Morgan fingerprint density at radius 3 is 2.77 bits per heavy atom. The number of methoxy groups -OCH3 is 1. The Morgan fingerprint density at radius 1 is 1.30 bits per heavy atom. The van der Waals surface area contributed by atoms with E-state index in [2.05, 4.69) is 44.6 Å². The molecule has 0 amide bonds. The molecule has 0 bridgehead atoms. The van der Waals surface area contributed by atoms with E-state index in [1.54, 1.807) is 18.4 Å². The maximum atomic E-state index is 5.96. The number of guanidine groups is 1. The van der Waals surface area contributed by atoms with Gasteiger partial charge in [-0.3, -0.25) is 4.99 Å². The summed E-state index contributed by atoms with van der Waals surface area (Å²) >= 11 is 3.53. The van der Waals surface area contributed by atoms with Crippen molar-refractivity contribution in [3.8, 4) is 10.6 Å². The standard InChI is InChI=1S/C21H32N4O2S2.HI/c1-16-24-19(15-28-16)20-6-5-18(29-20)7-10-23-21(22-2)25-11-8-17(9-12-25)27-14-4-13-26-3;/h5-6,15,17H,4,7-14H2,1-3H3,(H,22,23);1H. The van der Waals surface area contributed by atoms with Crippen LogP contribution >= 0.6 is 46.7 Å². The zero-order chi connectivity index (χ0) is 20.5. The predicted octanol–water partition coefficient (Wildman–Crippen LogP) is 4.43. The van der Waals surface area contributed by atoms with E-state index in [4.69, 9.17) is 9.47 Å². The van der Waals surface area contributed by atoms with E-state index in [9.17, 15) is 0 Å². The van der Waals surface area contributed by atoms with Crippen molar-refractivity contribution in [1.29, 1.82) is 0 Å². The first-order chi connectivity index (χ1) is 14.2. The second-order valence-corrected chi connectivity index (χ2v) is 9.38. The minimum absolute atomic E-state index is 0. The van der Waals surface area contributed by atoms with Crippen LogP contribution in [0.25, 0.3) is 10.6 Å². The molecule has 0 aliphatic carbocycles. The summed E-state index contributed by atoms with van der Waals surface area (Å²) in [6, 6.07) is 4.40. The molecule has 0 radical (unpaired) electrons. The van der Waals surface area contributed by atoms with Gasteiger partial charge in [-0.15, -0.1) is 46.7 Å². The van der Waals surface area contributed by atoms with Crippen LogP contribution in [0.5, 0.6) is 0 Å². The SMILES string of the molecule is CN=C(NCCc1ccc(-c2csc(C)n2)s1)N1CCC(OCCCOC)CC1.I. The fourth-order valence-electron chi connectivity index (χ4n) is 3.44. The van der Waals surface area contributed by atoms with Crippen LogP contribution in [0.4, 0.5) is 0 Å². The third kappa shape index (κ3) is 7.74. The number of ether oxygens (including phenoxy) is 2. The van der Waals surface area contributed by atoms with Crippen molar-refractivity contribution in [3.63, 3.8) is 0 Å². The molecule has 6 nitrogen and oxygen atoms in total. The van der Waals surface area contributed by atoms with Gasteiger partial charge in [0.1, 0.15) is 0 Å². The number of rotatable bonds is 9. The number of aromatic nitrogens is 1. The van der Waals surface area contributed by atoms with E-state index in [1.807, 2.05) is 18.4 Å². The maximum absolute atomic E-state index is 5.96. The first-order valence-corrected chi connectivity index (χ1v) is 12.0. The molecule has 0 aromatic carbocycles. The van der Waals surface area contributed by atoms with Gasteiger partial charge in [-0.25, -0.2) is 4.98 Å². The summed E-state index contributed by atoms with van der Waals surface area (Å²) < 4.78 is 11.0. The number of thiazole rings is 1. The Bertz CT molecular complexity index is 773. The van der Waals surface area contributed by atoms with Crippen LogP contribution in [0.2, 0.25) is 0 Å². The summed E-state index contributed by atoms with van der Waals surface area (Å²) in [4.78, 5) is 14.0. The fraction of sp³-hybridized carbons (Fsp3) is 0.619. The van der Waals surface area contributed by atoms with Gasteiger partial charge in [0.05, 0.1) is 21.7 Å². The third-order valence-electron chi connectivity index (χ3n) is 4.99. The second-order valence-electron chi connectivity index (χ2n) is 7.15. The molecule has 1 saturated heterocycles. The van der Waals surface area contributed by atoms with E-state index in [1.165, 1.54) is 9.75 Å². The Hall–Kier alpha value is -0.750. The highest BCUT2D eigenvalue weighted by molar-refractivity contribution is 14.0. The van der Waals surface area contributed by atoms with Gasteiger partial charge in [-0.05, 0) is 44.7 Å². The number of piperidine rings is 1. The van der Waals surface area contributed by atoms with Crippen LogP contribution in [-0.4, -0.2) is 69.0 Å². The number of nitrogens with zero attached hydrogens (tertiary/aromatic N) is 3. The molecule has 30 heavy (non-hydrogen) atoms. The summed E-state index contributed by atoms with van der Waals surface area (Å²) in [5.41, 5.74) is 1.10. The molecule has 0 saturated carbocycles. The van der Waals surface area contributed by atoms with E-state index < -0.39 is 0 Å². The van der Waals surface area contributed by atoms with Crippen molar-refractivity contribution in [1.82, 2.24) is 15.2 Å². The molecule has 0 atom stereocenters. The molecule has 1 N–H and O–H groups in total. The molecule has 0 spiro atoms. The molecule has 168 valence electrons. The van der Waals surface area contributed by atoms with E-state index in [0.717, 1.165) is 75.2 Å². The van der Waals surface area contributed by atoms with Crippen LogP contribution in [0.3, 0.4) is 0 Å². The van der Waals surface area contributed by atoms with Gasteiger partial charge in [0.25, 0.3) is 0 Å². The zero-order valence-electron chi connectivity index (χ0n) is 18.1. The van der Waals surface area contributed by atoms with Gasteiger partial charge in [0, 0.05) is 57.3 Å². The Balaban J connectivity index is 0.00000320.